The van der Waals surface area contributed by atoms with Gasteiger partial charge in [0, 0.05) is 27.8 Å². The summed E-state index contributed by atoms with van der Waals surface area (Å²) in [6, 6.07) is 64.8. The molecule has 60 heavy (non-hydrogen) atoms. The van der Waals surface area contributed by atoms with Crippen molar-refractivity contribution in [2.24, 2.45) is 11.8 Å². The lowest BCUT2D eigenvalue weighted by molar-refractivity contribution is 0.420. The van der Waals surface area contributed by atoms with Crippen LogP contribution in [0, 0.1) is 11.8 Å². The van der Waals surface area contributed by atoms with Crippen LogP contribution in [0.1, 0.15) is 87.1 Å². The summed E-state index contributed by atoms with van der Waals surface area (Å²) in [5.74, 6) is 2.48. The lowest BCUT2D eigenvalue weighted by Gasteiger charge is -2.31. The Morgan fingerprint density at radius 2 is 1.08 bits per heavy atom. The molecule has 8 aromatic rings. The van der Waals surface area contributed by atoms with Gasteiger partial charge in [0.05, 0.1) is 5.69 Å². The molecule has 2 fully saturated rings. The van der Waals surface area contributed by atoms with Gasteiger partial charge in [-0.25, -0.2) is 0 Å². The molecule has 292 valence electrons. The minimum atomic E-state index is -0.224. The zero-order valence-electron chi connectivity index (χ0n) is 35.2. The molecule has 0 N–H and O–H groups in total. The van der Waals surface area contributed by atoms with E-state index >= 15 is 0 Å². The normalized spacial score (nSPS) is 19.8. The molecule has 12 rings (SSSR count). The second-order valence-corrected chi connectivity index (χ2v) is 19.3. The summed E-state index contributed by atoms with van der Waals surface area (Å²) < 4.78 is 0. The molecule has 0 saturated heterocycles. The first-order valence-electron chi connectivity index (χ1n) is 22.3. The van der Waals surface area contributed by atoms with Crippen molar-refractivity contribution >= 4 is 27.8 Å². The Morgan fingerprint density at radius 1 is 0.433 bits per heavy atom. The summed E-state index contributed by atoms with van der Waals surface area (Å²) >= 11 is 0. The summed E-state index contributed by atoms with van der Waals surface area (Å²) in [6.45, 7) is 9.65. The van der Waals surface area contributed by atoms with Crippen molar-refractivity contribution < 1.29 is 0 Å². The minimum Gasteiger partial charge on any atom is -0.310 e. The molecule has 1 heteroatoms. The van der Waals surface area contributed by atoms with Gasteiger partial charge in [0.25, 0.3) is 0 Å². The average Bonchev–Trinajstić information content (AvgIpc) is 4.04. The van der Waals surface area contributed by atoms with E-state index in [-0.39, 0.29) is 10.8 Å². The molecular formula is C59H51N. The predicted octanol–water partition coefficient (Wildman–Crippen LogP) is 16.2. The Labute approximate surface area is 355 Å². The summed E-state index contributed by atoms with van der Waals surface area (Å²) in [5, 5.41) is 2.50. The quantitative estimate of drug-likeness (QED) is 0.163. The van der Waals surface area contributed by atoms with Gasteiger partial charge in [-0.2, -0.15) is 0 Å². The summed E-state index contributed by atoms with van der Waals surface area (Å²) in [6.07, 6.45) is 5.60. The maximum atomic E-state index is 2.54. The third-order valence-corrected chi connectivity index (χ3v) is 15.3. The first kappa shape index (κ1) is 35.7. The standard InChI is InChI=1S/C59H51N/c1-58(2)53-20-11-10-17-47(53)48-29-25-43(34-54(48)58)46-18-12-19-50-49-30-28-45(36-55(49)59(3,4)57(46)50)60(44-26-23-39(24-27-44)51-32-37-21-22-42(51)31-37)56-35-41-16-9-8-15-40(41)33-52(56)38-13-6-5-7-14-38/h5-20,23-30,33-37,42,51H,21-22,31-32H2,1-4H3. The molecule has 0 spiro atoms. The first-order valence-corrected chi connectivity index (χ1v) is 22.3. The third-order valence-electron chi connectivity index (χ3n) is 15.3. The zero-order chi connectivity index (χ0) is 40.3. The van der Waals surface area contributed by atoms with Crippen LogP contribution in [0.4, 0.5) is 17.1 Å². The van der Waals surface area contributed by atoms with Crippen LogP contribution >= 0.6 is 0 Å². The largest absolute Gasteiger partial charge is 0.310 e. The Balaban J connectivity index is 1.01. The summed E-state index contributed by atoms with van der Waals surface area (Å²) in [7, 11) is 0. The molecule has 4 aliphatic rings. The Bertz CT molecular complexity index is 3000. The fourth-order valence-electron chi connectivity index (χ4n) is 12.3. The summed E-state index contributed by atoms with van der Waals surface area (Å²) in [5.41, 5.74) is 21.0. The highest BCUT2D eigenvalue weighted by atomic mass is 15.1. The molecule has 0 aromatic heterocycles. The van der Waals surface area contributed by atoms with Gasteiger partial charge < -0.3 is 4.90 Å². The van der Waals surface area contributed by atoms with E-state index in [2.05, 4.69) is 202 Å². The second-order valence-electron chi connectivity index (χ2n) is 19.3. The fourth-order valence-corrected chi connectivity index (χ4v) is 12.3. The smallest absolute Gasteiger partial charge is 0.0546 e. The van der Waals surface area contributed by atoms with Gasteiger partial charge in [-0.15, -0.1) is 0 Å². The molecule has 0 amide bonds. The predicted molar refractivity (Wildman–Crippen MR) is 253 cm³/mol. The molecular weight excluding hydrogens is 723 g/mol. The van der Waals surface area contributed by atoms with E-state index in [9.17, 15) is 0 Å². The lowest BCUT2D eigenvalue weighted by atomic mass is 9.77. The Kier molecular flexibility index (Phi) is 7.84. The van der Waals surface area contributed by atoms with E-state index in [4.69, 9.17) is 0 Å². The van der Waals surface area contributed by atoms with Crippen LogP contribution in [0.15, 0.2) is 170 Å². The fraction of sp³-hybridized carbons (Fsp3) is 0.220. The van der Waals surface area contributed by atoms with Gasteiger partial charge in [-0.05, 0) is 157 Å². The van der Waals surface area contributed by atoms with Crippen LogP contribution in [-0.2, 0) is 10.8 Å². The molecule has 2 saturated carbocycles. The van der Waals surface area contributed by atoms with E-state index in [1.807, 2.05) is 0 Å². The number of rotatable bonds is 6. The van der Waals surface area contributed by atoms with Crippen molar-refractivity contribution in [3.8, 4) is 44.5 Å². The van der Waals surface area contributed by atoms with Crippen molar-refractivity contribution in [2.75, 3.05) is 4.90 Å². The number of anilines is 3. The highest BCUT2D eigenvalue weighted by molar-refractivity contribution is 5.99. The topological polar surface area (TPSA) is 3.24 Å². The monoisotopic (exact) mass is 773 g/mol. The van der Waals surface area contributed by atoms with Crippen LogP contribution in [-0.4, -0.2) is 0 Å². The number of hydrogen-bond acceptors (Lipinski definition) is 1. The Morgan fingerprint density at radius 3 is 1.87 bits per heavy atom. The molecule has 8 aromatic carbocycles. The van der Waals surface area contributed by atoms with E-state index in [0.717, 1.165) is 11.8 Å². The van der Waals surface area contributed by atoms with Gasteiger partial charge in [0.1, 0.15) is 0 Å². The molecule has 0 aliphatic heterocycles. The van der Waals surface area contributed by atoms with Crippen molar-refractivity contribution in [3.05, 3.63) is 198 Å². The van der Waals surface area contributed by atoms with E-state index in [0.29, 0.717) is 5.92 Å². The van der Waals surface area contributed by atoms with Gasteiger partial charge in [-0.3, -0.25) is 0 Å². The molecule has 2 bridgehead atoms. The van der Waals surface area contributed by atoms with E-state index < -0.39 is 0 Å². The Hall–Kier alpha value is -6.18. The first-order chi connectivity index (χ1) is 29.2. The van der Waals surface area contributed by atoms with Crippen molar-refractivity contribution in [2.45, 2.75) is 70.1 Å². The van der Waals surface area contributed by atoms with Crippen molar-refractivity contribution in [1.29, 1.82) is 0 Å². The summed E-state index contributed by atoms with van der Waals surface area (Å²) in [4.78, 5) is 2.54. The molecule has 4 aliphatic carbocycles. The molecule has 0 heterocycles. The van der Waals surface area contributed by atoms with E-state index in [1.165, 1.54) is 126 Å². The number of hydrogen-bond donors (Lipinski definition) is 0. The lowest BCUT2D eigenvalue weighted by Crippen LogP contribution is -2.18. The average molecular weight is 774 g/mol. The van der Waals surface area contributed by atoms with Crippen molar-refractivity contribution in [3.63, 3.8) is 0 Å². The van der Waals surface area contributed by atoms with Crippen molar-refractivity contribution in [1.82, 2.24) is 0 Å². The highest BCUT2D eigenvalue weighted by Gasteiger charge is 2.41. The molecule has 1 nitrogen and oxygen atoms in total. The van der Waals surface area contributed by atoms with Gasteiger partial charge in [-0.1, -0.05) is 162 Å². The maximum absolute atomic E-state index is 2.54. The van der Waals surface area contributed by atoms with Crippen LogP contribution in [0.3, 0.4) is 0 Å². The van der Waals surface area contributed by atoms with Crippen LogP contribution < -0.4 is 4.90 Å². The van der Waals surface area contributed by atoms with E-state index in [1.54, 1.807) is 0 Å². The van der Waals surface area contributed by atoms with Crippen LogP contribution in [0.25, 0.3) is 55.3 Å². The number of fused-ring (bicyclic) bond motifs is 9. The van der Waals surface area contributed by atoms with Gasteiger partial charge in [0.2, 0.25) is 0 Å². The second kappa shape index (κ2) is 13.2. The SMILES string of the molecule is CC1(C)c2ccccc2-c2ccc(-c3cccc4c3C(C)(C)c3cc(N(c5ccc(C6CC7CCC6C7)cc5)c5cc6ccccc6cc5-c5ccccc5)ccc3-4)cc21. The van der Waals surface area contributed by atoms with Gasteiger partial charge in [0.15, 0.2) is 0 Å². The molecule has 3 unspecified atom stereocenters. The maximum Gasteiger partial charge on any atom is 0.0546 e. The van der Waals surface area contributed by atoms with Gasteiger partial charge >= 0.3 is 0 Å². The van der Waals surface area contributed by atoms with Crippen LogP contribution in [0.5, 0.6) is 0 Å². The number of benzene rings is 8. The molecule has 0 radical (unpaired) electrons. The minimum absolute atomic E-state index is 0.0486. The van der Waals surface area contributed by atoms with Crippen LogP contribution in [0.2, 0.25) is 0 Å². The third kappa shape index (κ3) is 5.31. The highest BCUT2D eigenvalue weighted by Crippen LogP contribution is 2.57. The zero-order valence-corrected chi connectivity index (χ0v) is 35.2. The molecule has 3 atom stereocenters. The number of nitrogens with zero attached hydrogens (tertiary/aromatic N) is 1.